The minimum Gasteiger partial charge on any atom is -0.396 e. The second kappa shape index (κ2) is 2.12. The topological polar surface area (TPSA) is 73.1 Å². The zero-order chi connectivity index (χ0) is 7.68. The van der Waals surface area contributed by atoms with Crippen LogP contribution >= 0.6 is 0 Å². The second-order valence-electron chi connectivity index (χ2n) is 2.06. The van der Waals surface area contributed by atoms with Crippen LogP contribution in [0.25, 0.3) is 5.70 Å². The summed E-state index contributed by atoms with van der Waals surface area (Å²) in [7, 11) is 0. The van der Waals surface area contributed by atoms with Crippen LogP contribution in [0.4, 0.5) is 0 Å². The molecule has 11 heavy (non-hydrogen) atoms. The van der Waals surface area contributed by atoms with Crippen molar-refractivity contribution in [1.29, 1.82) is 0 Å². The molecule has 1 aliphatic rings. The van der Waals surface area contributed by atoms with E-state index in [-0.39, 0.29) is 0 Å². The average molecular weight is 150 g/mol. The Kier molecular flexibility index (Phi) is 1.15. The van der Waals surface area contributed by atoms with Crippen LogP contribution in [0.1, 0.15) is 5.69 Å². The van der Waals surface area contributed by atoms with Gasteiger partial charge in [-0.25, -0.2) is 15.4 Å². The molecule has 2 rings (SSSR count). The zero-order valence-electron chi connectivity index (χ0n) is 5.61. The predicted octanol–water partition coefficient (Wildman–Crippen LogP) is -0.369. The Morgan fingerprint density at radius 1 is 1.55 bits per heavy atom. The van der Waals surface area contributed by atoms with Gasteiger partial charge in [0.2, 0.25) is 5.75 Å². The molecule has 0 unspecified atom stereocenters. The van der Waals surface area contributed by atoms with Crippen LogP contribution in [0.2, 0.25) is 0 Å². The smallest absolute Gasteiger partial charge is 0.201 e. The molecular weight excluding hydrogens is 144 g/mol. The summed E-state index contributed by atoms with van der Waals surface area (Å²) in [4.78, 5) is 12.7. The monoisotopic (exact) mass is 150 g/mol. The van der Waals surface area contributed by atoms with Gasteiger partial charge in [0.1, 0.15) is 12.0 Å². The Morgan fingerprint density at radius 3 is 3.27 bits per heavy atom. The molecule has 1 aromatic heterocycles. The fourth-order valence-corrected chi connectivity index (χ4v) is 0.833. The third kappa shape index (κ3) is 0.861. The molecule has 0 bridgehead atoms. The van der Waals surface area contributed by atoms with Gasteiger partial charge in [-0.2, -0.15) is 0 Å². The zero-order valence-corrected chi connectivity index (χ0v) is 5.61. The van der Waals surface area contributed by atoms with Gasteiger partial charge >= 0.3 is 0 Å². The highest BCUT2D eigenvalue weighted by Crippen LogP contribution is 2.20. The first kappa shape index (κ1) is 5.96. The molecule has 1 aromatic rings. The third-order valence-corrected chi connectivity index (χ3v) is 1.34. The number of nitrogens with zero attached hydrogens (tertiary/aromatic N) is 2. The van der Waals surface area contributed by atoms with Crippen molar-refractivity contribution in [3.63, 3.8) is 0 Å². The van der Waals surface area contributed by atoms with E-state index in [1.165, 1.54) is 12.5 Å². The lowest BCUT2D eigenvalue weighted by Crippen LogP contribution is -2.20. The van der Waals surface area contributed by atoms with Crippen molar-refractivity contribution in [2.45, 2.75) is 0 Å². The van der Waals surface area contributed by atoms with Gasteiger partial charge in [-0.1, -0.05) is 0 Å². The van der Waals surface area contributed by atoms with E-state index < -0.39 is 0 Å². The van der Waals surface area contributed by atoms with E-state index >= 15 is 0 Å². The lowest BCUT2D eigenvalue weighted by Gasteiger charge is -2.13. The molecule has 2 heterocycles. The fraction of sp³-hybridized carbons (Fsp3) is 0. The number of hydroxylamine groups is 1. The van der Waals surface area contributed by atoms with E-state index in [1.807, 2.05) is 0 Å². The van der Waals surface area contributed by atoms with E-state index in [4.69, 9.17) is 10.6 Å². The van der Waals surface area contributed by atoms with Crippen LogP contribution in [0, 0.1) is 0 Å². The maximum atomic E-state index is 5.57. The Bertz CT molecular complexity index is 309. The van der Waals surface area contributed by atoms with Gasteiger partial charge in [-0.05, 0) is 0 Å². The van der Waals surface area contributed by atoms with Crippen LogP contribution < -0.4 is 16.1 Å². The Balaban J connectivity index is 2.56. The van der Waals surface area contributed by atoms with E-state index in [2.05, 4.69) is 15.4 Å². The van der Waals surface area contributed by atoms with Crippen LogP contribution in [0.5, 0.6) is 5.75 Å². The highest BCUT2D eigenvalue weighted by atomic mass is 16.6. The summed E-state index contributed by atoms with van der Waals surface area (Å²) in [5, 5.41) is 0. The average Bonchev–Trinajstić information content (AvgIpc) is 2.06. The molecule has 3 N–H and O–H groups in total. The maximum absolute atomic E-state index is 5.57. The number of hydrogen-bond acceptors (Lipinski definition) is 5. The van der Waals surface area contributed by atoms with E-state index in [9.17, 15) is 0 Å². The van der Waals surface area contributed by atoms with Crippen LogP contribution in [0.3, 0.4) is 0 Å². The normalized spacial score (nSPS) is 14.0. The molecule has 0 radical (unpaired) electrons. The quantitative estimate of drug-likeness (QED) is 0.528. The van der Waals surface area contributed by atoms with Gasteiger partial charge in [-0.15, -0.1) is 0 Å². The number of rotatable bonds is 0. The van der Waals surface area contributed by atoms with Crippen molar-refractivity contribution < 1.29 is 4.84 Å². The number of fused-ring (bicyclic) bond motifs is 1. The van der Waals surface area contributed by atoms with Gasteiger partial charge in [0.25, 0.3) is 0 Å². The molecule has 0 aliphatic carbocycles. The van der Waals surface area contributed by atoms with Gasteiger partial charge in [0.05, 0.1) is 18.1 Å². The molecule has 0 amide bonds. The first-order valence-electron chi connectivity index (χ1n) is 3.06. The first-order chi connectivity index (χ1) is 5.38. The molecule has 0 atom stereocenters. The van der Waals surface area contributed by atoms with Gasteiger partial charge in [-0.3, -0.25) is 0 Å². The highest BCUT2D eigenvalue weighted by Gasteiger charge is 2.11. The molecule has 0 saturated carbocycles. The minimum absolute atomic E-state index is 0.549. The molecule has 56 valence electrons. The van der Waals surface area contributed by atoms with Crippen molar-refractivity contribution in [2.75, 3.05) is 0 Å². The van der Waals surface area contributed by atoms with Crippen molar-refractivity contribution in [3.05, 3.63) is 24.4 Å². The Labute approximate surface area is 62.9 Å². The molecule has 5 heteroatoms. The summed E-state index contributed by atoms with van der Waals surface area (Å²) in [5.74, 6) is 0.549. The van der Waals surface area contributed by atoms with Crippen LogP contribution in [0.15, 0.2) is 18.7 Å². The van der Waals surface area contributed by atoms with E-state index in [0.29, 0.717) is 17.1 Å². The summed E-state index contributed by atoms with van der Waals surface area (Å²) in [6, 6.07) is 0. The third-order valence-electron chi connectivity index (χ3n) is 1.34. The molecule has 0 fully saturated rings. The SMILES string of the molecule is NC1=CNOc2cncnc21. The van der Waals surface area contributed by atoms with E-state index in [0.717, 1.165) is 0 Å². The molecule has 0 saturated heterocycles. The number of hydrogen-bond donors (Lipinski definition) is 2. The fourth-order valence-electron chi connectivity index (χ4n) is 0.833. The molecule has 0 spiro atoms. The van der Waals surface area contributed by atoms with Crippen LogP contribution in [-0.4, -0.2) is 9.97 Å². The lowest BCUT2D eigenvalue weighted by atomic mass is 10.3. The molecular formula is C6H6N4O. The van der Waals surface area contributed by atoms with Crippen molar-refractivity contribution in [1.82, 2.24) is 15.4 Å². The predicted molar refractivity (Wildman–Crippen MR) is 38.0 cm³/mol. The summed E-state index contributed by atoms with van der Waals surface area (Å²) >= 11 is 0. The van der Waals surface area contributed by atoms with Crippen molar-refractivity contribution in [2.24, 2.45) is 5.73 Å². The summed E-state index contributed by atoms with van der Waals surface area (Å²) in [6.45, 7) is 0. The number of nitrogens with one attached hydrogen (secondary N) is 1. The minimum atomic E-state index is 0.549. The molecule has 0 aromatic carbocycles. The molecule has 5 nitrogen and oxygen atoms in total. The standard InChI is InChI=1S/C6H6N4O/c7-4-1-10-11-5-2-8-3-9-6(4)5/h1-3,10H,7H2. The largest absolute Gasteiger partial charge is 0.396 e. The Hall–Kier alpha value is -1.78. The molecule has 1 aliphatic heterocycles. The summed E-state index contributed by atoms with van der Waals surface area (Å²) in [6.07, 6.45) is 4.51. The van der Waals surface area contributed by atoms with Gasteiger partial charge in [0, 0.05) is 0 Å². The second-order valence-corrected chi connectivity index (χ2v) is 2.06. The first-order valence-corrected chi connectivity index (χ1v) is 3.06. The van der Waals surface area contributed by atoms with Crippen molar-refractivity contribution >= 4 is 5.70 Å². The summed E-state index contributed by atoms with van der Waals surface area (Å²) < 4.78 is 0. The summed E-state index contributed by atoms with van der Waals surface area (Å²) in [5.41, 5.74) is 9.27. The highest BCUT2D eigenvalue weighted by molar-refractivity contribution is 5.64. The van der Waals surface area contributed by atoms with Gasteiger partial charge in [0.15, 0.2) is 0 Å². The number of nitrogens with two attached hydrogens (primary N) is 1. The van der Waals surface area contributed by atoms with Gasteiger partial charge < -0.3 is 10.6 Å². The number of aromatic nitrogens is 2. The lowest BCUT2D eigenvalue weighted by molar-refractivity contribution is 0.235. The van der Waals surface area contributed by atoms with Crippen molar-refractivity contribution in [3.8, 4) is 5.75 Å². The van der Waals surface area contributed by atoms with E-state index in [1.54, 1.807) is 6.20 Å². The van der Waals surface area contributed by atoms with Crippen LogP contribution in [-0.2, 0) is 0 Å². The Morgan fingerprint density at radius 2 is 2.45 bits per heavy atom. The maximum Gasteiger partial charge on any atom is 0.201 e.